The minimum absolute atomic E-state index is 0.109. The van der Waals surface area contributed by atoms with E-state index < -0.39 is 73.3 Å². The second kappa shape index (κ2) is 10.8. The van der Waals surface area contributed by atoms with Gasteiger partial charge in [0.2, 0.25) is 0 Å². The molecule has 3 aromatic rings. The molecule has 2 aromatic carbocycles. The summed E-state index contributed by atoms with van der Waals surface area (Å²) >= 11 is 0. The van der Waals surface area contributed by atoms with Gasteiger partial charge >= 0.3 is 0 Å². The van der Waals surface area contributed by atoms with Crippen LogP contribution in [0.1, 0.15) is 11.6 Å². The molecular formula is C22H17N3O11-4. The van der Waals surface area contributed by atoms with Gasteiger partial charge in [-0.05, 0) is 12.1 Å². The Morgan fingerprint density at radius 1 is 0.806 bits per heavy atom. The van der Waals surface area contributed by atoms with Crippen molar-refractivity contribution >= 4 is 51.5 Å². The number of hydrogen-bond donors (Lipinski definition) is 0. The number of para-hydroxylation sites is 1. The van der Waals surface area contributed by atoms with E-state index >= 15 is 0 Å². The number of nitro groups is 1. The maximum atomic E-state index is 12.0. The maximum Gasteiger partial charge on any atom is 0.278 e. The van der Waals surface area contributed by atoms with Crippen LogP contribution < -0.4 is 20.4 Å². The fraction of sp³-hybridized carbons (Fsp3) is 0.273. The number of hydrogen-bond acceptors (Lipinski definition) is 13. The monoisotopic (exact) mass is 499 g/mol. The number of fused-ring (bicyclic) bond motifs is 3. The molecule has 1 unspecified atom stereocenters. The van der Waals surface area contributed by atoms with Crippen molar-refractivity contribution in [2.24, 2.45) is 0 Å². The number of rotatable bonds is 13. The average molecular weight is 499 g/mol. The summed E-state index contributed by atoms with van der Waals surface area (Å²) in [6, 6.07) is 7.45. The van der Waals surface area contributed by atoms with Gasteiger partial charge in [0, 0.05) is 49.1 Å². The molecule has 1 aromatic heterocycles. The van der Waals surface area contributed by atoms with Crippen LogP contribution in [0.4, 0.5) is 5.69 Å². The first-order valence-electron chi connectivity index (χ1n) is 10.3. The summed E-state index contributed by atoms with van der Waals surface area (Å²) in [6.07, 6.45) is 0. The highest BCUT2D eigenvalue weighted by molar-refractivity contribution is 6.05. The van der Waals surface area contributed by atoms with E-state index in [0.717, 1.165) is 15.9 Å². The van der Waals surface area contributed by atoms with E-state index in [1.807, 2.05) is 0 Å². The van der Waals surface area contributed by atoms with Gasteiger partial charge in [-0.25, -0.2) is 0 Å². The molecule has 190 valence electrons. The maximum absolute atomic E-state index is 12.0. The first kappa shape index (κ1) is 26.1. The van der Waals surface area contributed by atoms with E-state index in [1.54, 1.807) is 24.3 Å². The van der Waals surface area contributed by atoms with Crippen LogP contribution >= 0.6 is 0 Å². The van der Waals surface area contributed by atoms with E-state index in [0.29, 0.717) is 16.4 Å². The van der Waals surface area contributed by atoms with Crippen molar-refractivity contribution in [1.82, 2.24) is 9.80 Å². The van der Waals surface area contributed by atoms with Crippen LogP contribution in [0.15, 0.2) is 40.8 Å². The zero-order valence-electron chi connectivity index (χ0n) is 18.4. The lowest BCUT2D eigenvalue weighted by atomic mass is 9.98. The Morgan fingerprint density at radius 2 is 1.36 bits per heavy atom. The van der Waals surface area contributed by atoms with Crippen LogP contribution in [0, 0.1) is 10.1 Å². The number of carboxylic acids is 4. The molecule has 0 aliphatic heterocycles. The zero-order chi connectivity index (χ0) is 26.6. The highest BCUT2D eigenvalue weighted by Gasteiger charge is 2.31. The zero-order valence-corrected chi connectivity index (χ0v) is 18.4. The normalized spacial score (nSPS) is 12.3. The van der Waals surface area contributed by atoms with Crippen molar-refractivity contribution in [3.05, 3.63) is 52.1 Å². The smallest absolute Gasteiger partial charge is 0.278 e. The first-order valence-corrected chi connectivity index (χ1v) is 10.3. The van der Waals surface area contributed by atoms with Gasteiger partial charge < -0.3 is 44.0 Å². The lowest BCUT2D eigenvalue weighted by molar-refractivity contribution is -0.386. The van der Waals surface area contributed by atoms with Gasteiger partial charge in [-0.1, -0.05) is 18.2 Å². The summed E-state index contributed by atoms with van der Waals surface area (Å²) in [7, 11) is 0. The van der Waals surface area contributed by atoms with E-state index in [2.05, 4.69) is 0 Å². The molecule has 0 bridgehead atoms. The summed E-state index contributed by atoms with van der Waals surface area (Å²) in [5.74, 6) is -6.89. The van der Waals surface area contributed by atoms with Crippen LogP contribution in [-0.4, -0.2) is 71.3 Å². The van der Waals surface area contributed by atoms with Crippen LogP contribution in [0.25, 0.3) is 21.9 Å². The van der Waals surface area contributed by atoms with Crippen LogP contribution in [0.2, 0.25) is 0 Å². The fourth-order valence-corrected chi connectivity index (χ4v) is 4.02. The van der Waals surface area contributed by atoms with Gasteiger partial charge in [0.05, 0.1) is 40.9 Å². The lowest BCUT2D eigenvalue weighted by Gasteiger charge is -2.36. The molecule has 1 atom stereocenters. The third-order valence-electron chi connectivity index (χ3n) is 5.32. The summed E-state index contributed by atoms with van der Waals surface area (Å²) < 4.78 is 5.65. The summed E-state index contributed by atoms with van der Waals surface area (Å²) in [5, 5.41) is 58.0. The van der Waals surface area contributed by atoms with Gasteiger partial charge in [0.25, 0.3) is 5.69 Å². The first-order chi connectivity index (χ1) is 17.0. The number of benzene rings is 2. The Kier molecular flexibility index (Phi) is 7.81. The number of aliphatic carboxylic acids is 4. The Morgan fingerprint density at radius 3 is 1.89 bits per heavy atom. The SMILES string of the molecule is O=C([O-])CN(CC(=O)[O-])CC(c1cc2c(cc1[N+](=O)[O-])oc1ccccc12)N(CC(=O)[O-])CC(=O)[O-]. The van der Waals surface area contributed by atoms with Gasteiger partial charge in [-0.3, -0.25) is 19.9 Å². The molecule has 0 fully saturated rings. The van der Waals surface area contributed by atoms with E-state index in [9.17, 15) is 49.7 Å². The van der Waals surface area contributed by atoms with Gasteiger partial charge in [-0.15, -0.1) is 0 Å². The molecule has 3 rings (SSSR count). The molecule has 0 N–H and O–H groups in total. The van der Waals surface area contributed by atoms with Crippen LogP contribution in [0.3, 0.4) is 0 Å². The van der Waals surface area contributed by atoms with Crippen molar-refractivity contribution < 1.29 is 48.9 Å². The number of nitrogens with zero attached hydrogens (tertiary/aromatic N) is 3. The van der Waals surface area contributed by atoms with E-state index in [1.165, 1.54) is 6.07 Å². The van der Waals surface area contributed by atoms with Gasteiger partial charge in [0.15, 0.2) is 0 Å². The minimum atomic E-state index is -1.75. The second-order valence-corrected chi connectivity index (χ2v) is 7.84. The number of carboxylic acid groups (broad SMARTS) is 4. The molecule has 0 spiro atoms. The van der Waals surface area contributed by atoms with Crippen molar-refractivity contribution in [2.45, 2.75) is 6.04 Å². The summed E-state index contributed by atoms with van der Waals surface area (Å²) in [5.41, 5.74) is -0.330. The molecular weight excluding hydrogens is 482 g/mol. The molecule has 0 amide bonds. The molecule has 1 heterocycles. The van der Waals surface area contributed by atoms with Gasteiger partial charge in [-0.2, -0.15) is 0 Å². The highest BCUT2D eigenvalue weighted by atomic mass is 16.6. The number of furan rings is 1. The molecule has 14 heteroatoms. The molecule has 14 nitrogen and oxygen atoms in total. The molecule has 0 aliphatic rings. The van der Waals surface area contributed by atoms with Crippen LogP contribution in [-0.2, 0) is 19.2 Å². The number of carbonyl (C=O) groups is 4. The Hall–Kier alpha value is -4.56. The number of nitro benzene ring substituents is 1. The molecule has 0 radical (unpaired) electrons. The fourth-order valence-electron chi connectivity index (χ4n) is 4.02. The third kappa shape index (κ3) is 6.11. The predicted octanol–water partition coefficient (Wildman–Crippen LogP) is -3.86. The Balaban J connectivity index is 2.26. The molecule has 0 saturated heterocycles. The summed E-state index contributed by atoms with van der Waals surface area (Å²) in [4.78, 5) is 57.8. The van der Waals surface area contributed by atoms with Crippen molar-refractivity contribution in [2.75, 3.05) is 32.7 Å². The van der Waals surface area contributed by atoms with E-state index in [4.69, 9.17) is 4.42 Å². The predicted molar refractivity (Wildman–Crippen MR) is 111 cm³/mol. The molecule has 0 saturated carbocycles. The molecule has 36 heavy (non-hydrogen) atoms. The van der Waals surface area contributed by atoms with Crippen molar-refractivity contribution in [3.63, 3.8) is 0 Å². The standard InChI is InChI=1S/C22H21N3O11/c26-19(27)8-23(9-20(28)29)7-16(24(10-21(30)31)11-22(32)33)14-5-13-12-3-1-2-4-17(12)36-18(13)6-15(14)25(34)35/h1-6,16H,7-11H2,(H,26,27)(H,28,29)(H,30,31)(H,32,33)/p-4. The highest BCUT2D eigenvalue weighted by Crippen LogP contribution is 2.38. The number of carbonyl (C=O) groups excluding carboxylic acids is 4. The largest absolute Gasteiger partial charge is 0.549 e. The molecule has 0 aliphatic carbocycles. The quantitative estimate of drug-likeness (QED) is 0.162. The Bertz CT molecular complexity index is 1320. The van der Waals surface area contributed by atoms with Crippen molar-refractivity contribution in [3.8, 4) is 0 Å². The van der Waals surface area contributed by atoms with Gasteiger partial charge in [0.1, 0.15) is 11.2 Å². The van der Waals surface area contributed by atoms with E-state index in [-0.39, 0.29) is 11.1 Å². The Labute approximate surface area is 201 Å². The van der Waals surface area contributed by atoms with Crippen molar-refractivity contribution in [1.29, 1.82) is 0 Å². The van der Waals surface area contributed by atoms with Crippen LogP contribution in [0.5, 0.6) is 0 Å². The summed E-state index contributed by atoms with van der Waals surface area (Å²) in [6.45, 7) is -4.71. The topological polar surface area (TPSA) is 223 Å². The second-order valence-electron chi connectivity index (χ2n) is 7.84. The average Bonchev–Trinajstić information content (AvgIpc) is 3.12. The lowest BCUT2D eigenvalue weighted by Crippen LogP contribution is -2.51. The third-order valence-corrected chi connectivity index (χ3v) is 5.32. The minimum Gasteiger partial charge on any atom is -0.549 e.